The third-order valence-electron chi connectivity index (χ3n) is 5.64. The number of aromatic nitrogens is 4. The number of hydrogen-bond acceptors (Lipinski definition) is 4. The number of rotatable bonds is 6. The number of nitrogens with one attached hydrogen (secondary N) is 2. The first-order chi connectivity index (χ1) is 13.3. The number of H-pyrrole nitrogens is 1. The fourth-order valence-corrected chi connectivity index (χ4v) is 4.04. The number of carbonyl (C=O) groups is 2. The van der Waals surface area contributed by atoms with Crippen LogP contribution in [0.25, 0.3) is 0 Å². The molecule has 2 aromatic rings. The zero-order valence-electron chi connectivity index (χ0n) is 17.2. The minimum atomic E-state index is -0.0914. The zero-order valence-corrected chi connectivity index (χ0v) is 17.2. The molecule has 2 amide bonds. The highest BCUT2D eigenvalue weighted by Gasteiger charge is 2.26. The highest BCUT2D eigenvalue weighted by Crippen LogP contribution is 2.26. The first kappa shape index (κ1) is 20.1. The van der Waals surface area contributed by atoms with Gasteiger partial charge in [-0.25, -0.2) is 0 Å². The molecule has 8 nitrogen and oxygen atoms in total. The number of amides is 2. The Morgan fingerprint density at radius 3 is 2.61 bits per heavy atom. The minimum absolute atomic E-state index is 0.0914. The van der Waals surface area contributed by atoms with Gasteiger partial charge in [-0.1, -0.05) is 6.92 Å². The second kappa shape index (κ2) is 8.58. The molecule has 28 heavy (non-hydrogen) atoms. The maximum absolute atomic E-state index is 12.7. The van der Waals surface area contributed by atoms with Crippen molar-refractivity contribution in [2.24, 2.45) is 13.0 Å². The van der Waals surface area contributed by atoms with Crippen molar-refractivity contribution in [1.82, 2.24) is 30.2 Å². The van der Waals surface area contributed by atoms with Crippen molar-refractivity contribution < 1.29 is 9.59 Å². The Kier molecular flexibility index (Phi) is 6.16. The summed E-state index contributed by atoms with van der Waals surface area (Å²) >= 11 is 0. The van der Waals surface area contributed by atoms with Gasteiger partial charge in [0, 0.05) is 45.0 Å². The van der Waals surface area contributed by atoms with E-state index < -0.39 is 0 Å². The summed E-state index contributed by atoms with van der Waals surface area (Å²) in [5.74, 6) is 0.667. The Morgan fingerprint density at radius 2 is 2.04 bits per heavy atom. The summed E-state index contributed by atoms with van der Waals surface area (Å²) in [5.41, 5.74) is 3.75. The average molecular weight is 387 g/mol. The summed E-state index contributed by atoms with van der Waals surface area (Å²) in [6.45, 7) is 8.21. The molecule has 1 atom stereocenters. The number of likely N-dealkylation sites (tertiary alicyclic amines) is 1. The molecule has 152 valence electrons. The van der Waals surface area contributed by atoms with Crippen LogP contribution < -0.4 is 5.32 Å². The smallest absolute Gasteiger partial charge is 0.254 e. The molecule has 1 aliphatic rings. The van der Waals surface area contributed by atoms with E-state index in [4.69, 9.17) is 0 Å². The van der Waals surface area contributed by atoms with E-state index >= 15 is 0 Å². The molecular weight excluding hydrogens is 356 g/mol. The van der Waals surface area contributed by atoms with Crippen molar-refractivity contribution in [3.05, 3.63) is 34.9 Å². The van der Waals surface area contributed by atoms with Gasteiger partial charge in [-0.3, -0.25) is 19.4 Å². The molecule has 2 aromatic heterocycles. The molecule has 1 aliphatic heterocycles. The SMILES string of the molecule is Cc1n[nH]c(C)c1C(C)CC(=O)N1CCC(CNC(=O)c2cnn(C)c2)CC1. The van der Waals surface area contributed by atoms with Crippen LogP contribution in [0.1, 0.15) is 59.4 Å². The van der Waals surface area contributed by atoms with Gasteiger partial charge in [0.25, 0.3) is 5.91 Å². The maximum atomic E-state index is 12.7. The lowest BCUT2D eigenvalue weighted by Gasteiger charge is -2.32. The van der Waals surface area contributed by atoms with Crippen LogP contribution in [0.3, 0.4) is 0 Å². The first-order valence-corrected chi connectivity index (χ1v) is 9.91. The van der Waals surface area contributed by atoms with Gasteiger partial charge in [0.2, 0.25) is 5.91 Å². The molecule has 1 saturated heterocycles. The Bertz CT molecular complexity index is 812. The average Bonchev–Trinajstić information content (AvgIpc) is 3.25. The van der Waals surface area contributed by atoms with E-state index in [0.717, 1.165) is 42.9 Å². The normalized spacial score (nSPS) is 16.2. The Morgan fingerprint density at radius 1 is 1.32 bits per heavy atom. The van der Waals surface area contributed by atoms with Crippen LogP contribution in [-0.4, -0.2) is 56.3 Å². The molecular formula is C20H30N6O2. The van der Waals surface area contributed by atoms with Gasteiger partial charge in [-0.2, -0.15) is 10.2 Å². The number of hydrogen-bond donors (Lipinski definition) is 2. The number of piperidine rings is 1. The molecule has 3 heterocycles. The monoisotopic (exact) mass is 386 g/mol. The van der Waals surface area contributed by atoms with E-state index in [1.54, 1.807) is 24.1 Å². The lowest BCUT2D eigenvalue weighted by atomic mass is 9.93. The third kappa shape index (κ3) is 4.61. The molecule has 0 radical (unpaired) electrons. The summed E-state index contributed by atoms with van der Waals surface area (Å²) in [6, 6.07) is 0. The van der Waals surface area contributed by atoms with E-state index in [9.17, 15) is 9.59 Å². The molecule has 0 saturated carbocycles. The van der Waals surface area contributed by atoms with Crippen molar-refractivity contribution in [2.45, 2.75) is 46.0 Å². The summed E-state index contributed by atoms with van der Waals surface area (Å²) in [6.07, 6.45) is 5.61. The highest BCUT2D eigenvalue weighted by molar-refractivity contribution is 5.93. The molecule has 0 bridgehead atoms. The predicted molar refractivity (Wildman–Crippen MR) is 106 cm³/mol. The summed E-state index contributed by atoms with van der Waals surface area (Å²) < 4.78 is 1.62. The van der Waals surface area contributed by atoms with Gasteiger partial charge in [0.15, 0.2) is 0 Å². The summed E-state index contributed by atoms with van der Waals surface area (Å²) in [5, 5.41) is 14.2. The standard InChI is InChI=1S/C20H30N6O2/c1-13(19-14(2)23-24-15(19)3)9-18(27)26-7-5-16(6-8-26)10-21-20(28)17-11-22-25(4)12-17/h11-13,16H,5-10H2,1-4H3,(H,21,28)(H,23,24). The van der Waals surface area contributed by atoms with Crippen LogP contribution >= 0.6 is 0 Å². The van der Waals surface area contributed by atoms with Crippen molar-refractivity contribution in [1.29, 1.82) is 0 Å². The minimum Gasteiger partial charge on any atom is -0.352 e. The van der Waals surface area contributed by atoms with E-state index in [1.165, 1.54) is 0 Å². The largest absolute Gasteiger partial charge is 0.352 e. The second-order valence-electron chi connectivity index (χ2n) is 7.89. The fourth-order valence-electron chi connectivity index (χ4n) is 4.04. The van der Waals surface area contributed by atoms with Gasteiger partial charge < -0.3 is 10.2 Å². The molecule has 0 aromatic carbocycles. The van der Waals surface area contributed by atoms with Crippen LogP contribution in [0.4, 0.5) is 0 Å². The van der Waals surface area contributed by atoms with E-state index in [2.05, 4.69) is 27.5 Å². The molecule has 1 fully saturated rings. The summed E-state index contributed by atoms with van der Waals surface area (Å²) in [7, 11) is 1.79. The van der Waals surface area contributed by atoms with Gasteiger partial charge in [0.1, 0.15) is 0 Å². The Hall–Kier alpha value is -2.64. The lowest BCUT2D eigenvalue weighted by Crippen LogP contribution is -2.41. The topological polar surface area (TPSA) is 95.9 Å². The highest BCUT2D eigenvalue weighted by atomic mass is 16.2. The van der Waals surface area contributed by atoms with Gasteiger partial charge in [0.05, 0.1) is 17.5 Å². The van der Waals surface area contributed by atoms with Crippen LogP contribution in [0.2, 0.25) is 0 Å². The van der Waals surface area contributed by atoms with Gasteiger partial charge in [-0.05, 0) is 44.1 Å². The number of carbonyl (C=O) groups excluding carboxylic acids is 2. The number of aryl methyl sites for hydroxylation is 3. The van der Waals surface area contributed by atoms with E-state index in [-0.39, 0.29) is 17.7 Å². The lowest BCUT2D eigenvalue weighted by molar-refractivity contribution is -0.132. The first-order valence-electron chi connectivity index (χ1n) is 9.91. The van der Waals surface area contributed by atoms with Crippen molar-refractivity contribution >= 4 is 11.8 Å². The Labute approximate surface area is 165 Å². The molecule has 8 heteroatoms. The van der Waals surface area contributed by atoms with Crippen molar-refractivity contribution in [3.8, 4) is 0 Å². The molecule has 0 aliphatic carbocycles. The second-order valence-corrected chi connectivity index (χ2v) is 7.89. The van der Waals surface area contributed by atoms with Crippen LogP contribution in [0.15, 0.2) is 12.4 Å². The molecule has 2 N–H and O–H groups in total. The van der Waals surface area contributed by atoms with Crippen molar-refractivity contribution in [3.63, 3.8) is 0 Å². The number of nitrogens with zero attached hydrogens (tertiary/aromatic N) is 4. The van der Waals surface area contributed by atoms with Crippen LogP contribution in [0, 0.1) is 19.8 Å². The Balaban J connectivity index is 1.43. The van der Waals surface area contributed by atoms with Gasteiger partial charge in [-0.15, -0.1) is 0 Å². The van der Waals surface area contributed by atoms with E-state index in [0.29, 0.717) is 24.4 Å². The van der Waals surface area contributed by atoms with Crippen LogP contribution in [-0.2, 0) is 11.8 Å². The predicted octanol–water partition coefficient (Wildman–Crippen LogP) is 1.92. The van der Waals surface area contributed by atoms with Crippen LogP contribution in [0.5, 0.6) is 0 Å². The van der Waals surface area contributed by atoms with Crippen molar-refractivity contribution in [2.75, 3.05) is 19.6 Å². The quantitative estimate of drug-likeness (QED) is 0.793. The molecule has 1 unspecified atom stereocenters. The molecule has 3 rings (SSSR count). The maximum Gasteiger partial charge on any atom is 0.254 e. The fraction of sp³-hybridized carbons (Fsp3) is 0.600. The van der Waals surface area contributed by atoms with E-state index in [1.807, 2.05) is 18.7 Å². The number of aromatic amines is 1. The van der Waals surface area contributed by atoms with Gasteiger partial charge >= 0.3 is 0 Å². The molecule has 0 spiro atoms. The summed E-state index contributed by atoms with van der Waals surface area (Å²) in [4.78, 5) is 26.8. The third-order valence-corrected chi connectivity index (χ3v) is 5.64. The zero-order chi connectivity index (χ0) is 20.3.